The maximum atomic E-state index is 11.2. The molecule has 4 rings (SSSR count). The summed E-state index contributed by atoms with van der Waals surface area (Å²) in [7, 11) is 1.68. The smallest absolute Gasteiger partial charge is 0.142 e. The molecular weight excluding hydrogens is 460 g/mol. The third kappa shape index (κ3) is 7.59. The van der Waals surface area contributed by atoms with Gasteiger partial charge in [0.1, 0.15) is 18.1 Å². The molecule has 3 N–H and O–H groups in total. The molecule has 0 bridgehead atoms. The fraction of sp³-hybridized carbons (Fsp3) is 0.250. The van der Waals surface area contributed by atoms with E-state index in [1.54, 1.807) is 7.11 Å². The maximum absolute atomic E-state index is 11.2. The Morgan fingerprint density at radius 2 is 1.46 bits per heavy atom. The first-order valence-electron chi connectivity index (χ1n) is 12.7. The molecule has 0 saturated carbocycles. The lowest BCUT2D eigenvalue weighted by Crippen LogP contribution is -2.37. The zero-order valence-electron chi connectivity index (χ0n) is 21.6. The minimum absolute atomic E-state index is 0.203. The second-order valence-electron chi connectivity index (χ2n) is 9.40. The Balaban J connectivity index is 1.45. The minimum Gasteiger partial charge on any atom is -0.497 e. The fourth-order valence-electron chi connectivity index (χ4n) is 4.42. The van der Waals surface area contributed by atoms with Gasteiger partial charge in [-0.3, -0.25) is 4.90 Å². The number of nitrogen functional groups attached to an aromatic ring is 1. The van der Waals surface area contributed by atoms with Gasteiger partial charge >= 0.3 is 0 Å². The van der Waals surface area contributed by atoms with E-state index in [9.17, 15) is 5.11 Å². The first kappa shape index (κ1) is 26.3. The summed E-state index contributed by atoms with van der Waals surface area (Å²) in [6.07, 6.45) is 0.172. The average molecular weight is 497 g/mol. The molecule has 192 valence electrons. The van der Waals surface area contributed by atoms with E-state index >= 15 is 0 Å². The van der Waals surface area contributed by atoms with Crippen LogP contribution < -0.4 is 15.2 Å². The van der Waals surface area contributed by atoms with Crippen LogP contribution in [0, 0.1) is 0 Å². The highest BCUT2D eigenvalue weighted by Gasteiger charge is 2.20. The number of nitrogens with zero attached hydrogens (tertiary/aromatic N) is 1. The van der Waals surface area contributed by atoms with Gasteiger partial charge in [0.2, 0.25) is 0 Å². The number of nitrogens with two attached hydrogens (primary N) is 1. The van der Waals surface area contributed by atoms with Crippen LogP contribution in [0.1, 0.15) is 35.3 Å². The van der Waals surface area contributed by atoms with Crippen LogP contribution in [0.4, 0.5) is 5.69 Å². The van der Waals surface area contributed by atoms with Crippen molar-refractivity contribution in [3.05, 3.63) is 125 Å². The Morgan fingerprint density at radius 3 is 2.08 bits per heavy atom. The van der Waals surface area contributed by atoms with Crippen molar-refractivity contribution < 1.29 is 14.6 Å². The summed E-state index contributed by atoms with van der Waals surface area (Å²) >= 11 is 0. The molecule has 5 heteroatoms. The SMILES string of the molecule is COc1ccc(CC(C)N(Cc2ccccc2)C[C@H](O)c2ccc(OCc3ccccc3)c(N)c2)cc1. The highest BCUT2D eigenvalue weighted by Crippen LogP contribution is 2.28. The maximum Gasteiger partial charge on any atom is 0.142 e. The molecule has 4 aromatic carbocycles. The second-order valence-corrected chi connectivity index (χ2v) is 9.40. The highest BCUT2D eigenvalue weighted by molar-refractivity contribution is 5.54. The Labute approximate surface area is 220 Å². The lowest BCUT2D eigenvalue weighted by molar-refractivity contribution is 0.0859. The van der Waals surface area contributed by atoms with E-state index in [-0.39, 0.29) is 6.04 Å². The molecule has 0 saturated heterocycles. The van der Waals surface area contributed by atoms with Gasteiger partial charge in [0.25, 0.3) is 0 Å². The van der Waals surface area contributed by atoms with E-state index in [4.69, 9.17) is 15.2 Å². The van der Waals surface area contributed by atoms with Gasteiger partial charge in [-0.1, -0.05) is 78.9 Å². The Hall–Kier alpha value is -3.80. The van der Waals surface area contributed by atoms with Crippen LogP contribution in [0.3, 0.4) is 0 Å². The van der Waals surface area contributed by atoms with Crippen molar-refractivity contribution in [1.29, 1.82) is 0 Å². The fourth-order valence-corrected chi connectivity index (χ4v) is 4.42. The van der Waals surface area contributed by atoms with Crippen molar-refractivity contribution in [3.8, 4) is 11.5 Å². The number of aliphatic hydroxyl groups is 1. The normalized spacial score (nSPS) is 12.8. The molecule has 0 amide bonds. The molecule has 0 aliphatic heterocycles. The number of rotatable bonds is 12. The topological polar surface area (TPSA) is 68.0 Å². The predicted octanol–water partition coefficient (Wildman–Crippen LogP) is 6.02. The van der Waals surface area contributed by atoms with E-state index < -0.39 is 6.10 Å². The number of anilines is 1. The number of benzene rings is 4. The van der Waals surface area contributed by atoms with Crippen molar-refractivity contribution >= 4 is 5.69 Å². The van der Waals surface area contributed by atoms with Gasteiger partial charge in [-0.2, -0.15) is 0 Å². The predicted molar refractivity (Wildman–Crippen MR) is 150 cm³/mol. The summed E-state index contributed by atoms with van der Waals surface area (Å²) < 4.78 is 11.2. The van der Waals surface area contributed by atoms with Gasteiger partial charge in [0.05, 0.1) is 18.9 Å². The Morgan fingerprint density at radius 1 is 0.811 bits per heavy atom. The quantitative estimate of drug-likeness (QED) is 0.235. The zero-order valence-corrected chi connectivity index (χ0v) is 21.6. The molecule has 1 unspecified atom stereocenters. The molecule has 4 aromatic rings. The van der Waals surface area contributed by atoms with Crippen LogP contribution in [0.25, 0.3) is 0 Å². The molecule has 0 heterocycles. The monoisotopic (exact) mass is 496 g/mol. The van der Waals surface area contributed by atoms with Crippen molar-refractivity contribution in [3.63, 3.8) is 0 Å². The summed E-state index contributed by atoms with van der Waals surface area (Å²) in [6, 6.07) is 34.3. The molecular formula is C32H36N2O3. The van der Waals surface area contributed by atoms with Gasteiger partial charge < -0.3 is 20.3 Å². The summed E-state index contributed by atoms with van der Waals surface area (Å²) in [5.74, 6) is 1.47. The molecule has 0 radical (unpaired) electrons. The van der Waals surface area contributed by atoms with Crippen molar-refractivity contribution in [1.82, 2.24) is 4.90 Å². The molecule has 0 fully saturated rings. The Bertz CT molecular complexity index is 1230. The van der Waals surface area contributed by atoms with Crippen LogP contribution in [0.5, 0.6) is 11.5 Å². The first-order valence-corrected chi connectivity index (χ1v) is 12.7. The number of ether oxygens (including phenoxy) is 2. The van der Waals surface area contributed by atoms with Gasteiger partial charge in [0.15, 0.2) is 0 Å². The van der Waals surface area contributed by atoms with Crippen LogP contribution in [-0.2, 0) is 19.6 Å². The van der Waals surface area contributed by atoms with Gasteiger partial charge in [-0.05, 0) is 59.9 Å². The summed E-state index contributed by atoms with van der Waals surface area (Å²) in [5.41, 5.74) is 11.1. The summed E-state index contributed by atoms with van der Waals surface area (Å²) in [5, 5.41) is 11.2. The molecule has 0 aromatic heterocycles. The molecule has 2 atom stereocenters. The van der Waals surface area contributed by atoms with Crippen LogP contribution >= 0.6 is 0 Å². The molecule has 37 heavy (non-hydrogen) atoms. The number of hydrogen-bond acceptors (Lipinski definition) is 5. The molecule has 0 aliphatic carbocycles. The minimum atomic E-state index is -0.687. The van der Waals surface area contributed by atoms with E-state index in [2.05, 4.69) is 36.1 Å². The zero-order chi connectivity index (χ0) is 26.0. The number of methoxy groups -OCH3 is 1. The van der Waals surface area contributed by atoms with Gasteiger partial charge in [-0.15, -0.1) is 0 Å². The largest absolute Gasteiger partial charge is 0.497 e. The highest BCUT2D eigenvalue weighted by atomic mass is 16.5. The first-order chi connectivity index (χ1) is 18.0. The second kappa shape index (κ2) is 12.9. The van der Waals surface area contributed by atoms with Crippen molar-refractivity contribution in [2.75, 3.05) is 19.4 Å². The average Bonchev–Trinajstić information content (AvgIpc) is 2.93. The summed E-state index contributed by atoms with van der Waals surface area (Å²) in [4.78, 5) is 2.32. The summed E-state index contributed by atoms with van der Waals surface area (Å²) in [6.45, 7) is 3.87. The number of hydrogen-bond donors (Lipinski definition) is 2. The molecule has 0 aliphatic rings. The van der Waals surface area contributed by atoms with E-state index in [1.165, 1.54) is 11.1 Å². The van der Waals surface area contributed by atoms with Gasteiger partial charge in [-0.25, -0.2) is 0 Å². The van der Waals surface area contributed by atoms with Crippen LogP contribution in [0.15, 0.2) is 103 Å². The van der Waals surface area contributed by atoms with Crippen molar-refractivity contribution in [2.24, 2.45) is 0 Å². The standard InChI is InChI=1S/C32H36N2O3/c1-24(19-25-13-16-29(36-2)17-14-25)34(21-26-9-5-3-6-10-26)22-31(35)28-15-18-32(30(33)20-28)37-23-27-11-7-4-8-12-27/h3-18,20,24,31,35H,19,21-23,33H2,1-2H3/t24?,31-/m0/s1. The van der Waals surface area contributed by atoms with Gasteiger partial charge in [0, 0.05) is 19.1 Å². The lowest BCUT2D eigenvalue weighted by atomic mass is 10.0. The lowest BCUT2D eigenvalue weighted by Gasteiger charge is -2.31. The molecule has 0 spiro atoms. The van der Waals surface area contributed by atoms with Crippen LogP contribution in [-0.4, -0.2) is 29.7 Å². The molecule has 5 nitrogen and oxygen atoms in total. The van der Waals surface area contributed by atoms with E-state index in [0.717, 1.165) is 29.8 Å². The van der Waals surface area contributed by atoms with E-state index in [1.807, 2.05) is 78.9 Å². The third-order valence-corrected chi connectivity index (χ3v) is 6.61. The Kier molecular flexibility index (Phi) is 9.19. The van der Waals surface area contributed by atoms with Crippen molar-refractivity contribution in [2.45, 2.75) is 38.6 Å². The number of aliphatic hydroxyl groups excluding tert-OH is 1. The van der Waals surface area contributed by atoms with Crippen LogP contribution in [0.2, 0.25) is 0 Å². The van der Waals surface area contributed by atoms with E-state index in [0.29, 0.717) is 24.6 Å². The third-order valence-electron chi connectivity index (χ3n) is 6.61.